The molecule has 5 rings (SSSR count). The summed E-state index contributed by atoms with van der Waals surface area (Å²) in [5.74, 6) is -0.351. The maximum absolute atomic E-state index is 6.53. The second-order valence-electron chi connectivity index (χ2n) is 7.93. The third kappa shape index (κ3) is 5.47. The number of ether oxygens (including phenoxy) is 3. The van der Waals surface area contributed by atoms with Crippen molar-refractivity contribution in [2.45, 2.75) is 23.6 Å². The second kappa shape index (κ2) is 10.6. The van der Waals surface area contributed by atoms with Gasteiger partial charge in [0.2, 0.25) is 5.79 Å². The lowest BCUT2D eigenvalue weighted by atomic mass is 10.1. The zero-order valence-corrected chi connectivity index (χ0v) is 21.1. The van der Waals surface area contributed by atoms with Gasteiger partial charge in [-0.2, -0.15) is 0 Å². The number of hydrogen-bond donors (Lipinski definition) is 0. The Balaban J connectivity index is 1.28. The van der Waals surface area contributed by atoms with E-state index >= 15 is 0 Å². The maximum atomic E-state index is 6.53. The molecule has 4 aromatic rings. The van der Waals surface area contributed by atoms with Gasteiger partial charge in [0.05, 0.1) is 30.2 Å². The summed E-state index contributed by atoms with van der Waals surface area (Å²) in [7, 11) is 0. The van der Waals surface area contributed by atoms with Crippen molar-refractivity contribution < 1.29 is 14.2 Å². The third-order valence-corrected chi connectivity index (χ3v) is 6.66. The van der Waals surface area contributed by atoms with Crippen LogP contribution in [0, 0.1) is 0 Å². The number of aromatic nitrogens is 4. The average Bonchev–Trinajstić information content (AvgIpc) is 3.54. The fraction of sp³-hybridized carbons (Fsp3) is 0.240. The molecule has 10 heteroatoms. The Labute approximate surface area is 217 Å². The summed E-state index contributed by atoms with van der Waals surface area (Å²) in [6.07, 6.45) is 8.69. The van der Waals surface area contributed by atoms with Crippen LogP contribution >= 0.6 is 35.0 Å². The highest BCUT2D eigenvalue weighted by Crippen LogP contribution is 2.40. The number of imidazole rings is 1. The summed E-state index contributed by atoms with van der Waals surface area (Å²) < 4.78 is 20.6. The second-order valence-corrected chi connectivity index (χ2v) is 9.54. The lowest BCUT2D eigenvalue weighted by Crippen LogP contribution is -2.34. The van der Waals surface area contributed by atoms with Crippen LogP contribution in [0.2, 0.25) is 10.0 Å². The van der Waals surface area contributed by atoms with E-state index in [1.165, 1.54) is 11.8 Å². The first-order chi connectivity index (χ1) is 17.0. The van der Waals surface area contributed by atoms with Crippen LogP contribution in [0.25, 0.3) is 11.3 Å². The molecule has 0 spiro atoms. The summed E-state index contributed by atoms with van der Waals surface area (Å²) in [4.78, 5) is 12.9. The summed E-state index contributed by atoms with van der Waals surface area (Å²) in [6, 6.07) is 15.0. The largest absolute Gasteiger partial charge is 0.491 e. The van der Waals surface area contributed by atoms with Crippen molar-refractivity contribution in [2.24, 2.45) is 0 Å². The minimum Gasteiger partial charge on any atom is -0.491 e. The van der Waals surface area contributed by atoms with Gasteiger partial charge in [-0.05, 0) is 48.7 Å². The molecule has 180 valence electrons. The average molecular weight is 529 g/mol. The molecule has 0 amide bonds. The van der Waals surface area contributed by atoms with Gasteiger partial charge >= 0.3 is 0 Å². The van der Waals surface area contributed by atoms with E-state index < -0.39 is 5.79 Å². The molecule has 35 heavy (non-hydrogen) atoms. The van der Waals surface area contributed by atoms with E-state index in [2.05, 4.69) is 15.0 Å². The summed E-state index contributed by atoms with van der Waals surface area (Å²) >= 11 is 14.2. The number of benzene rings is 2. The smallest absolute Gasteiger partial charge is 0.215 e. The topological polar surface area (TPSA) is 71.3 Å². The highest BCUT2D eigenvalue weighted by molar-refractivity contribution is 7.98. The SMILES string of the molecule is CSc1nccc(-c2ccc(OC[C@H]3CO[C@@](Cn4ccnc4)(c4ccc(Cl)cc4Cl)O3)cc2)n1. The molecule has 1 saturated heterocycles. The Kier molecular flexibility index (Phi) is 7.27. The minimum atomic E-state index is -1.08. The zero-order chi connectivity index (χ0) is 24.3. The van der Waals surface area contributed by atoms with Gasteiger partial charge in [-0.15, -0.1) is 0 Å². The van der Waals surface area contributed by atoms with Crippen LogP contribution in [0.1, 0.15) is 5.56 Å². The van der Waals surface area contributed by atoms with Gasteiger partial charge in [0.15, 0.2) is 5.16 Å². The number of thioether (sulfide) groups is 1. The van der Waals surface area contributed by atoms with Gasteiger partial charge in [-0.3, -0.25) is 0 Å². The van der Waals surface area contributed by atoms with E-state index in [-0.39, 0.29) is 6.10 Å². The van der Waals surface area contributed by atoms with Gasteiger partial charge in [-0.25, -0.2) is 15.0 Å². The number of nitrogens with zero attached hydrogens (tertiary/aromatic N) is 4. The van der Waals surface area contributed by atoms with Crippen LogP contribution in [0.4, 0.5) is 0 Å². The van der Waals surface area contributed by atoms with Crippen molar-refractivity contribution in [3.8, 4) is 17.0 Å². The Morgan fingerprint density at radius 2 is 2.00 bits per heavy atom. The van der Waals surface area contributed by atoms with Crippen LogP contribution in [0.15, 0.2) is 78.6 Å². The summed E-state index contributed by atoms with van der Waals surface area (Å²) in [5, 5.41) is 1.76. The van der Waals surface area contributed by atoms with Crippen LogP contribution in [0.3, 0.4) is 0 Å². The molecular formula is C25H22Cl2N4O3S. The molecule has 0 bridgehead atoms. The zero-order valence-electron chi connectivity index (χ0n) is 18.8. The summed E-state index contributed by atoms with van der Waals surface area (Å²) in [6.45, 7) is 1.06. The molecule has 2 atom stereocenters. The van der Waals surface area contributed by atoms with E-state index in [4.69, 9.17) is 37.4 Å². The van der Waals surface area contributed by atoms with Gasteiger partial charge in [0.1, 0.15) is 18.5 Å². The molecule has 0 aliphatic carbocycles. The van der Waals surface area contributed by atoms with Crippen molar-refractivity contribution in [3.05, 3.63) is 89.1 Å². The Hall–Kier alpha value is -2.62. The van der Waals surface area contributed by atoms with Crippen molar-refractivity contribution in [3.63, 3.8) is 0 Å². The van der Waals surface area contributed by atoms with Crippen LogP contribution in [-0.2, 0) is 21.8 Å². The van der Waals surface area contributed by atoms with Crippen LogP contribution in [-0.4, -0.2) is 45.1 Å². The highest BCUT2D eigenvalue weighted by Gasteiger charge is 2.45. The van der Waals surface area contributed by atoms with Gasteiger partial charge < -0.3 is 18.8 Å². The van der Waals surface area contributed by atoms with E-state index in [0.717, 1.165) is 22.2 Å². The predicted molar refractivity (Wildman–Crippen MR) is 136 cm³/mol. The maximum Gasteiger partial charge on any atom is 0.215 e. The predicted octanol–water partition coefficient (Wildman–Crippen LogP) is 5.72. The molecular weight excluding hydrogens is 507 g/mol. The Bertz CT molecular complexity index is 1290. The molecule has 0 saturated carbocycles. The molecule has 0 unspecified atom stereocenters. The molecule has 0 radical (unpaired) electrons. The molecule has 1 aliphatic rings. The molecule has 2 aromatic carbocycles. The van der Waals surface area contributed by atoms with Crippen molar-refractivity contribution in [2.75, 3.05) is 19.5 Å². The molecule has 7 nitrogen and oxygen atoms in total. The van der Waals surface area contributed by atoms with Gasteiger partial charge in [0, 0.05) is 34.7 Å². The molecule has 2 aromatic heterocycles. The van der Waals surface area contributed by atoms with Crippen LogP contribution < -0.4 is 4.74 Å². The van der Waals surface area contributed by atoms with Gasteiger partial charge in [0.25, 0.3) is 0 Å². The fourth-order valence-electron chi connectivity index (χ4n) is 3.89. The standard InChI is InChI=1S/C25H22Cl2N4O3S/c1-35-24-29-9-8-23(30-24)17-2-5-19(6-3-17)32-13-20-14-33-25(34-20,15-31-11-10-28-16-31)21-7-4-18(26)12-22(21)27/h2-12,16,20H,13-15H2,1H3/t20-,25+/m0/s1. The number of rotatable bonds is 8. The lowest BCUT2D eigenvalue weighted by Gasteiger charge is -2.30. The summed E-state index contributed by atoms with van der Waals surface area (Å²) in [5.41, 5.74) is 2.57. The quantitative estimate of drug-likeness (QED) is 0.214. The minimum absolute atomic E-state index is 0.295. The van der Waals surface area contributed by atoms with Gasteiger partial charge in [-0.1, -0.05) is 41.0 Å². The first-order valence-corrected chi connectivity index (χ1v) is 12.9. The third-order valence-electron chi connectivity index (χ3n) is 5.55. The van der Waals surface area contributed by atoms with Crippen LogP contribution in [0.5, 0.6) is 5.75 Å². The van der Waals surface area contributed by atoms with Crippen molar-refractivity contribution in [1.29, 1.82) is 0 Å². The molecule has 3 heterocycles. The van der Waals surface area contributed by atoms with E-state index in [9.17, 15) is 0 Å². The van der Waals surface area contributed by atoms with E-state index in [1.54, 1.807) is 30.9 Å². The first-order valence-electron chi connectivity index (χ1n) is 10.9. The molecule has 0 N–H and O–H groups in total. The normalized spacial score (nSPS) is 19.7. The highest BCUT2D eigenvalue weighted by atomic mass is 35.5. The number of halogens is 2. The molecule has 1 fully saturated rings. The number of hydrogen-bond acceptors (Lipinski definition) is 7. The molecule has 1 aliphatic heterocycles. The van der Waals surface area contributed by atoms with Crippen molar-refractivity contribution in [1.82, 2.24) is 19.5 Å². The Morgan fingerprint density at radius 3 is 2.74 bits per heavy atom. The van der Waals surface area contributed by atoms with E-state index in [1.807, 2.05) is 53.4 Å². The first kappa shape index (κ1) is 24.1. The monoisotopic (exact) mass is 528 g/mol. The Morgan fingerprint density at radius 1 is 1.14 bits per heavy atom. The lowest BCUT2D eigenvalue weighted by molar-refractivity contribution is -0.189. The van der Waals surface area contributed by atoms with E-state index in [0.29, 0.717) is 35.4 Å². The van der Waals surface area contributed by atoms with Crippen molar-refractivity contribution >= 4 is 35.0 Å². The fourth-order valence-corrected chi connectivity index (χ4v) is 4.79.